The summed E-state index contributed by atoms with van der Waals surface area (Å²) >= 11 is 0. The average molecular weight is 282 g/mol. The van der Waals surface area contributed by atoms with Crippen molar-refractivity contribution in [3.63, 3.8) is 0 Å². The third-order valence-electron chi connectivity index (χ3n) is 2.47. The molecule has 0 saturated heterocycles. The topological polar surface area (TPSA) is 62.2 Å². The summed E-state index contributed by atoms with van der Waals surface area (Å²) in [5, 5.41) is 11.5. The van der Waals surface area contributed by atoms with Crippen molar-refractivity contribution in [3.8, 4) is 0 Å². The van der Waals surface area contributed by atoms with Crippen LogP contribution in [0.2, 0.25) is 0 Å². The van der Waals surface area contributed by atoms with Gasteiger partial charge in [-0.15, -0.1) is 0 Å². The third-order valence-corrected chi connectivity index (χ3v) is 2.47. The van der Waals surface area contributed by atoms with Crippen LogP contribution in [0.4, 0.5) is 24.7 Å². The molecule has 20 heavy (non-hydrogen) atoms. The number of carboxylic acid groups (broad SMARTS) is 1. The molecule has 0 aliphatic heterocycles. The van der Waals surface area contributed by atoms with Crippen LogP contribution >= 0.6 is 0 Å². The predicted molar refractivity (Wildman–Crippen MR) is 65.9 cm³/mol. The van der Waals surface area contributed by atoms with Crippen LogP contribution in [-0.4, -0.2) is 16.1 Å². The van der Waals surface area contributed by atoms with Gasteiger partial charge in [0.05, 0.1) is 11.1 Å². The van der Waals surface area contributed by atoms with Crippen LogP contribution in [0.3, 0.4) is 0 Å². The average Bonchev–Trinajstić information content (AvgIpc) is 2.38. The molecule has 2 N–H and O–H groups in total. The number of aromatic carboxylic acids is 1. The van der Waals surface area contributed by atoms with Crippen molar-refractivity contribution < 1.29 is 23.1 Å². The van der Waals surface area contributed by atoms with Crippen molar-refractivity contribution in [1.82, 2.24) is 4.98 Å². The maximum atomic E-state index is 12.6. The van der Waals surface area contributed by atoms with E-state index in [1.807, 2.05) is 0 Å². The molecule has 4 nitrogen and oxygen atoms in total. The van der Waals surface area contributed by atoms with Crippen molar-refractivity contribution in [2.24, 2.45) is 0 Å². The fourth-order valence-electron chi connectivity index (χ4n) is 1.55. The van der Waals surface area contributed by atoms with Crippen molar-refractivity contribution in [3.05, 3.63) is 53.7 Å². The molecule has 2 rings (SSSR count). The summed E-state index contributed by atoms with van der Waals surface area (Å²) in [6.07, 6.45) is -3.17. The lowest BCUT2D eigenvalue weighted by Crippen LogP contribution is -2.05. The van der Waals surface area contributed by atoms with Gasteiger partial charge in [-0.05, 0) is 30.3 Å². The number of benzene rings is 1. The van der Waals surface area contributed by atoms with Gasteiger partial charge < -0.3 is 10.4 Å². The normalized spacial score (nSPS) is 11.2. The summed E-state index contributed by atoms with van der Waals surface area (Å²) in [4.78, 5) is 14.6. The molecule has 0 bridgehead atoms. The van der Waals surface area contributed by atoms with Crippen molar-refractivity contribution in [1.29, 1.82) is 0 Å². The Hall–Kier alpha value is -2.57. The summed E-state index contributed by atoms with van der Waals surface area (Å²) in [5.41, 5.74) is -0.624. The highest BCUT2D eigenvalue weighted by Crippen LogP contribution is 2.31. The third kappa shape index (κ3) is 3.25. The summed E-state index contributed by atoms with van der Waals surface area (Å²) < 4.78 is 37.7. The van der Waals surface area contributed by atoms with E-state index in [2.05, 4.69) is 10.3 Å². The minimum atomic E-state index is -4.44. The van der Waals surface area contributed by atoms with Gasteiger partial charge in [0.2, 0.25) is 0 Å². The van der Waals surface area contributed by atoms with Crippen LogP contribution in [-0.2, 0) is 6.18 Å². The molecule has 1 aromatic heterocycles. The van der Waals surface area contributed by atoms with Crippen LogP contribution < -0.4 is 5.32 Å². The quantitative estimate of drug-likeness (QED) is 0.903. The van der Waals surface area contributed by atoms with Crippen molar-refractivity contribution >= 4 is 17.5 Å². The lowest BCUT2D eigenvalue weighted by Gasteiger charge is -2.10. The highest BCUT2D eigenvalue weighted by Gasteiger charge is 2.30. The molecule has 0 radical (unpaired) electrons. The highest BCUT2D eigenvalue weighted by molar-refractivity contribution is 5.88. The maximum absolute atomic E-state index is 12.6. The zero-order valence-electron chi connectivity index (χ0n) is 9.98. The molecule has 1 heterocycles. The molecule has 0 spiro atoms. The number of hydrogen-bond donors (Lipinski definition) is 2. The number of nitrogens with zero attached hydrogens (tertiary/aromatic N) is 1. The molecular formula is C13H9F3N2O2. The molecule has 0 aliphatic carbocycles. The van der Waals surface area contributed by atoms with Crippen LogP contribution in [0.5, 0.6) is 0 Å². The lowest BCUT2D eigenvalue weighted by atomic mass is 10.2. The second-order valence-corrected chi connectivity index (χ2v) is 3.94. The van der Waals surface area contributed by atoms with E-state index in [-0.39, 0.29) is 17.1 Å². The van der Waals surface area contributed by atoms with E-state index in [1.54, 1.807) is 0 Å². The van der Waals surface area contributed by atoms with Gasteiger partial charge in [0.15, 0.2) is 0 Å². The number of carboxylic acids is 1. The maximum Gasteiger partial charge on any atom is 0.416 e. The Balaban J connectivity index is 2.26. The van der Waals surface area contributed by atoms with Gasteiger partial charge in [0, 0.05) is 11.9 Å². The van der Waals surface area contributed by atoms with Crippen LogP contribution in [0.1, 0.15) is 15.9 Å². The molecule has 7 heteroatoms. The van der Waals surface area contributed by atoms with Gasteiger partial charge >= 0.3 is 12.1 Å². The van der Waals surface area contributed by atoms with E-state index in [0.29, 0.717) is 0 Å². The Labute approximate surface area is 111 Å². The molecule has 0 fully saturated rings. The number of halogens is 3. The Kier molecular flexibility index (Phi) is 3.60. The number of alkyl halides is 3. The summed E-state index contributed by atoms with van der Waals surface area (Å²) in [5.74, 6) is -0.983. The Bertz CT molecular complexity index is 642. The van der Waals surface area contributed by atoms with Gasteiger partial charge in [0.25, 0.3) is 0 Å². The number of pyridine rings is 1. The van der Waals surface area contributed by atoms with E-state index < -0.39 is 17.7 Å². The monoisotopic (exact) mass is 282 g/mol. The predicted octanol–water partition coefficient (Wildman–Crippen LogP) is 3.54. The second kappa shape index (κ2) is 5.20. The second-order valence-electron chi connectivity index (χ2n) is 3.94. The zero-order chi connectivity index (χ0) is 14.8. The number of anilines is 2. The fourth-order valence-corrected chi connectivity index (χ4v) is 1.55. The number of nitrogens with one attached hydrogen (secondary N) is 1. The van der Waals surface area contributed by atoms with E-state index in [4.69, 9.17) is 5.11 Å². The summed E-state index contributed by atoms with van der Waals surface area (Å²) in [7, 11) is 0. The van der Waals surface area contributed by atoms with Gasteiger partial charge in [-0.2, -0.15) is 13.2 Å². The molecule has 0 saturated carbocycles. The van der Waals surface area contributed by atoms with Crippen LogP contribution in [0.25, 0.3) is 0 Å². The van der Waals surface area contributed by atoms with E-state index in [9.17, 15) is 18.0 Å². The zero-order valence-corrected chi connectivity index (χ0v) is 9.98. The molecule has 0 atom stereocenters. The minimum absolute atomic E-state index is 0.00511. The first-order valence-corrected chi connectivity index (χ1v) is 5.50. The molecule has 2 aromatic rings. The smallest absolute Gasteiger partial charge is 0.416 e. The van der Waals surface area contributed by atoms with Gasteiger partial charge in [0.1, 0.15) is 5.82 Å². The van der Waals surface area contributed by atoms with Crippen molar-refractivity contribution in [2.75, 3.05) is 5.32 Å². The first-order valence-electron chi connectivity index (χ1n) is 5.50. The highest BCUT2D eigenvalue weighted by atomic mass is 19.4. The molecule has 0 unspecified atom stereocenters. The van der Waals surface area contributed by atoms with Crippen molar-refractivity contribution in [2.45, 2.75) is 6.18 Å². The Morgan fingerprint density at radius 3 is 2.60 bits per heavy atom. The van der Waals surface area contributed by atoms with Gasteiger partial charge in [-0.1, -0.05) is 6.07 Å². The van der Waals surface area contributed by atoms with E-state index in [1.165, 1.54) is 30.5 Å². The van der Waals surface area contributed by atoms with Crippen LogP contribution in [0.15, 0.2) is 42.6 Å². The number of aromatic nitrogens is 1. The molecule has 0 amide bonds. The van der Waals surface area contributed by atoms with E-state index in [0.717, 1.165) is 12.1 Å². The largest absolute Gasteiger partial charge is 0.478 e. The first-order chi connectivity index (χ1) is 9.36. The van der Waals surface area contributed by atoms with Gasteiger partial charge in [-0.25, -0.2) is 9.78 Å². The van der Waals surface area contributed by atoms with Gasteiger partial charge in [-0.3, -0.25) is 0 Å². The summed E-state index contributed by atoms with van der Waals surface area (Å²) in [6.45, 7) is 0. The fraction of sp³-hybridized carbons (Fsp3) is 0.0769. The molecule has 1 aromatic carbocycles. The number of carbonyl (C=O) groups is 1. The molecular weight excluding hydrogens is 273 g/mol. The SMILES string of the molecule is O=C(O)c1ccnc(Nc2cccc(C(F)(F)F)c2)c1. The first kappa shape index (κ1) is 13.9. The number of rotatable bonds is 3. The van der Waals surface area contributed by atoms with E-state index >= 15 is 0 Å². The van der Waals surface area contributed by atoms with Crippen LogP contribution in [0, 0.1) is 0 Å². The Morgan fingerprint density at radius 1 is 1.20 bits per heavy atom. The minimum Gasteiger partial charge on any atom is -0.478 e. The number of hydrogen-bond acceptors (Lipinski definition) is 3. The molecule has 0 aliphatic rings. The standard InChI is InChI=1S/C13H9F3N2O2/c14-13(15,16)9-2-1-3-10(7-9)18-11-6-8(12(19)20)4-5-17-11/h1-7H,(H,17,18)(H,19,20). The lowest BCUT2D eigenvalue weighted by molar-refractivity contribution is -0.137. The Morgan fingerprint density at radius 2 is 1.95 bits per heavy atom. The summed E-state index contributed by atoms with van der Waals surface area (Å²) in [6, 6.07) is 7.10. The molecule has 104 valence electrons.